The largest absolute Gasteiger partial charge is 0.394 e. The minimum Gasteiger partial charge on any atom is -0.394 e. The van der Waals surface area contributed by atoms with Crippen molar-refractivity contribution in [2.75, 3.05) is 6.61 Å². The second-order valence-corrected chi connectivity index (χ2v) is 4.27. The van der Waals surface area contributed by atoms with Gasteiger partial charge in [0.2, 0.25) is 5.82 Å². The van der Waals surface area contributed by atoms with Crippen LogP contribution in [0.3, 0.4) is 0 Å². The van der Waals surface area contributed by atoms with Crippen molar-refractivity contribution in [2.45, 2.75) is 31.5 Å². The van der Waals surface area contributed by atoms with Gasteiger partial charge in [-0.15, -0.1) is 0 Å². The standard InChI is InChI=1S/C10H13FN2O6/c1-3-5(11)8(17)13(10(18)12-3)9-7(16)6(15)4(2-14)19-9/h4,6-7,9,14-16H,2H2,1H3,(H,12,18)/t4-,6-,7-,9-/m1/s1. The Morgan fingerprint density at radius 1 is 1.37 bits per heavy atom. The molecular weight excluding hydrogens is 263 g/mol. The average molecular weight is 276 g/mol. The van der Waals surface area contributed by atoms with Gasteiger partial charge in [0.1, 0.15) is 18.3 Å². The summed E-state index contributed by atoms with van der Waals surface area (Å²) in [4.78, 5) is 25.4. The zero-order chi connectivity index (χ0) is 14.3. The van der Waals surface area contributed by atoms with Crippen LogP contribution in [0.4, 0.5) is 4.39 Å². The molecule has 1 fully saturated rings. The number of hydrogen-bond donors (Lipinski definition) is 4. The van der Waals surface area contributed by atoms with Crippen molar-refractivity contribution < 1.29 is 24.4 Å². The zero-order valence-corrected chi connectivity index (χ0v) is 9.91. The Bertz CT molecular complexity index is 597. The molecule has 0 radical (unpaired) electrons. The van der Waals surface area contributed by atoms with E-state index in [1.165, 1.54) is 6.92 Å². The molecule has 2 rings (SSSR count). The van der Waals surface area contributed by atoms with Crippen molar-refractivity contribution in [3.8, 4) is 0 Å². The summed E-state index contributed by atoms with van der Waals surface area (Å²) in [6, 6.07) is 0. The summed E-state index contributed by atoms with van der Waals surface area (Å²) in [5.41, 5.74) is -2.48. The fourth-order valence-corrected chi connectivity index (χ4v) is 1.96. The molecule has 1 saturated heterocycles. The number of aliphatic hydroxyl groups is 3. The van der Waals surface area contributed by atoms with E-state index < -0.39 is 48.2 Å². The van der Waals surface area contributed by atoms with E-state index in [0.29, 0.717) is 4.57 Å². The molecule has 0 unspecified atom stereocenters. The minimum atomic E-state index is -1.63. The molecule has 0 aliphatic carbocycles. The van der Waals surface area contributed by atoms with Gasteiger partial charge in [-0.1, -0.05) is 0 Å². The maximum atomic E-state index is 13.5. The highest BCUT2D eigenvalue weighted by Gasteiger charge is 2.44. The second kappa shape index (κ2) is 4.85. The summed E-state index contributed by atoms with van der Waals surface area (Å²) < 4.78 is 18.8. The molecule has 0 amide bonds. The van der Waals surface area contributed by atoms with Gasteiger partial charge in [0, 0.05) is 0 Å². The van der Waals surface area contributed by atoms with Gasteiger partial charge < -0.3 is 25.0 Å². The highest BCUT2D eigenvalue weighted by Crippen LogP contribution is 2.27. The van der Waals surface area contributed by atoms with Gasteiger partial charge in [0.05, 0.1) is 12.3 Å². The molecule has 2 heterocycles. The van der Waals surface area contributed by atoms with E-state index in [9.17, 15) is 24.2 Å². The third-order valence-corrected chi connectivity index (χ3v) is 3.02. The Morgan fingerprint density at radius 2 is 2.00 bits per heavy atom. The molecule has 4 N–H and O–H groups in total. The number of ether oxygens (including phenoxy) is 1. The predicted octanol–water partition coefficient (Wildman–Crippen LogP) is -2.40. The molecule has 8 nitrogen and oxygen atoms in total. The van der Waals surface area contributed by atoms with Crippen LogP contribution in [0, 0.1) is 12.7 Å². The van der Waals surface area contributed by atoms with Gasteiger partial charge in [-0.2, -0.15) is 4.39 Å². The van der Waals surface area contributed by atoms with E-state index in [4.69, 9.17) is 9.84 Å². The number of rotatable bonds is 2. The first-order valence-corrected chi connectivity index (χ1v) is 5.51. The number of halogens is 1. The van der Waals surface area contributed by atoms with E-state index in [0.717, 1.165) is 0 Å². The summed E-state index contributed by atoms with van der Waals surface area (Å²) in [5, 5.41) is 28.2. The molecule has 4 atom stereocenters. The van der Waals surface area contributed by atoms with Crippen LogP contribution in [0.25, 0.3) is 0 Å². The number of aryl methyl sites for hydroxylation is 1. The average Bonchev–Trinajstić information content (AvgIpc) is 2.64. The number of aromatic amines is 1. The van der Waals surface area contributed by atoms with E-state index in [2.05, 4.69) is 4.98 Å². The van der Waals surface area contributed by atoms with Crippen LogP contribution in [0.2, 0.25) is 0 Å². The van der Waals surface area contributed by atoms with Crippen molar-refractivity contribution >= 4 is 0 Å². The maximum Gasteiger partial charge on any atom is 0.330 e. The molecule has 1 aromatic rings. The molecule has 1 aromatic heterocycles. The lowest BCUT2D eigenvalue weighted by Crippen LogP contribution is -2.44. The van der Waals surface area contributed by atoms with Crippen LogP contribution in [-0.4, -0.2) is 49.8 Å². The molecule has 1 aliphatic heterocycles. The Kier molecular flexibility index (Phi) is 3.54. The van der Waals surface area contributed by atoms with Crippen LogP contribution in [0.15, 0.2) is 9.59 Å². The number of H-pyrrole nitrogens is 1. The summed E-state index contributed by atoms with van der Waals surface area (Å²) in [7, 11) is 0. The van der Waals surface area contributed by atoms with E-state index in [1.54, 1.807) is 0 Å². The third kappa shape index (κ3) is 2.10. The summed E-state index contributed by atoms with van der Waals surface area (Å²) in [6.45, 7) is 0.593. The van der Waals surface area contributed by atoms with Crippen LogP contribution >= 0.6 is 0 Å². The molecule has 106 valence electrons. The maximum absolute atomic E-state index is 13.5. The lowest BCUT2D eigenvalue weighted by molar-refractivity contribution is -0.0570. The van der Waals surface area contributed by atoms with E-state index >= 15 is 0 Å². The van der Waals surface area contributed by atoms with Crippen molar-refractivity contribution in [1.29, 1.82) is 0 Å². The summed E-state index contributed by atoms with van der Waals surface area (Å²) >= 11 is 0. The number of aromatic nitrogens is 2. The SMILES string of the molecule is Cc1[nH]c(=O)n([C@@H]2O[C@H](CO)[C@@H](O)[C@H]2O)c(=O)c1F. The first-order valence-electron chi connectivity index (χ1n) is 5.51. The molecule has 0 spiro atoms. The lowest BCUT2D eigenvalue weighted by Gasteiger charge is -2.16. The monoisotopic (exact) mass is 276 g/mol. The number of nitrogens with one attached hydrogen (secondary N) is 1. The molecule has 19 heavy (non-hydrogen) atoms. The minimum absolute atomic E-state index is 0.238. The summed E-state index contributed by atoms with van der Waals surface area (Å²) in [5.74, 6) is -1.18. The second-order valence-electron chi connectivity index (χ2n) is 4.27. The van der Waals surface area contributed by atoms with Gasteiger partial charge in [-0.25, -0.2) is 9.36 Å². The Morgan fingerprint density at radius 3 is 2.53 bits per heavy atom. The molecule has 0 saturated carbocycles. The van der Waals surface area contributed by atoms with Crippen LogP contribution in [-0.2, 0) is 4.74 Å². The van der Waals surface area contributed by atoms with Crippen LogP contribution in [0.5, 0.6) is 0 Å². The third-order valence-electron chi connectivity index (χ3n) is 3.02. The first-order chi connectivity index (χ1) is 8.88. The number of nitrogens with zero attached hydrogens (tertiary/aromatic N) is 1. The predicted molar refractivity (Wildman–Crippen MR) is 59.0 cm³/mol. The topological polar surface area (TPSA) is 125 Å². The zero-order valence-electron chi connectivity index (χ0n) is 9.91. The number of aliphatic hydroxyl groups excluding tert-OH is 3. The molecule has 0 aromatic carbocycles. The first kappa shape index (κ1) is 13.9. The fourth-order valence-electron chi connectivity index (χ4n) is 1.96. The van der Waals surface area contributed by atoms with Gasteiger partial charge >= 0.3 is 5.69 Å². The Labute approximate surface area is 105 Å². The normalized spacial score (nSPS) is 30.8. The van der Waals surface area contributed by atoms with Crippen molar-refractivity contribution in [3.63, 3.8) is 0 Å². The highest BCUT2D eigenvalue weighted by atomic mass is 19.1. The molecular formula is C10H13FN2O6. The number of hydrogen-bond acceptors (Lipinski definition) is 6. The van der Waals surface area contributed by atoms with Gasteiger partial charge in [-0.3, -0.25) is 4.79 Å². The summed E-state index contributed by atoms with van der Waals surface area (Å²) in [6.07, 6.45) is -5.82. The van der Waals surface area contributed by atoms with Crippen molar-refractivity contribution in [2.24, 2.45) is 0 Å². The Hall–Kier alpha value is -1.55. The van der Waals surface area contributed by atoms with E-state index in [1.807, 2.05) is 0 Å². The quantitative estimate of drug-likeness (QED) is 0.477. The fraction of sp³-hybridized carbons (Fsp3) is 0.600. The van der Waals surface area contributed by atoms with Crippen molar-refractivity contribution in [3.05, 3.63) is 32.3 Å². The molecule has 1 aliphatic rings. The van der Waals surface area contributed by atoms with Gasteiger partial charge in [-0.05, 0) is 6.92 Å². The smallest absolute Gasteiger partial charge is 0.330 e. The molecule has 9 heteroatoms. The highest BCUT2D eigenvalue weighted by molar-refractivity contribution is 5.02. The van der Waals surface area contributed by atoms with E-state index in [-0.39, 0.29) is 5.69 Å². The molecule has 0 bridgehead atoms. The van der Waals surface area contributed by atoms with Crippen LogP contribution < -0.4 is 11.2 Å². The van der Waals surface area contributed by atoms with Crippen LogP contribution in [0.1, 0.15) is 11.9 Å². The van der Waals surface area contributed by atoms with Gasteiger partial charge in [0.15, 0.2) is 6.23 Å². The lowest BCUT2D eigenvalue weighted by atomic mass is 10.1. The Balaban J connectivity index is 2.53. The van der Waals surface area contributed by atoms with Gasteiger partial charge in [0.25, 0.3) is 5.56 Å². The van der Waals surface area contributed by atoms with Crippen molar-refractivity contribution in [1.82, 2.24) is 9.55 Å².